The van der Waals surface area contributed by atoms with Crippen LogP contribution in [-0.2, 0) is 27.2 Å². The van der Waals surface area contributed by atoms with Crippen molar-refractivity contribution in [3.63, 3.8) is 0 Å². The van der Waals surface area contributed by atoms with Crippen LogP contribution in [0.5, 0.6) is 0 Å². The summed E-state index contributed by atoms with van der Waals surface area (Å²) in [6.45, 7) is 0. The van der Waals surface area contributed by atoms with Crippen molar-refractivity contribution in [2.75, 3.05) is 16.4 Å². The molecule has 2 saturated heterocycles. The van der Waals surface area contributed by atoms with Crippen LogP contribution in [0.1, 0.15) is 11.1 Å². The van der Waals surface area contributed by atoms with E-state index in [4.69, 9.17) is 0 Å². The SMILES string of the molecule is O=C(Cc1ccccc1)N=C1SC2CS(=O)(=O)CC2N1c1cccc(C(F)(F)F)c1. The van der Waals surface area contributed by atoms with Gasteiger partial charge in [-0.3, -0.25) is 4.79 Å². The van der Waals surface area contributed by atoms with Gasteiger partial charge >= 0.3 is 6.18 Å². The Morgan fingerprint density at radius 1 is 1.10 bits per heavy atom. The van der Waals surface area contributed by atoms with Gasteiger partial charge in [0, 0.05) is 10.9 Å². The Kier molecular flexibility index (Phi) is 5.39. The van der Waals surface area contributed by atoms with Crippen molar-refractivity contribution < 1.29 is 26.4 Å². The lowest BCUT2D eigenvalue weighted by molar-refractivity contribution is -0.137. The molecule has 2 aliphatic rings. The fraction of sp³-hybridized carbons (Fsp3) is 0.300. The molecule has 2 aromatic carbocycles. The molecule has 0 radical (unpaired) electrons. The third-order valence-corrected chi connectivity index (χ3v) is 8.15. The number of rotatable bonds is 3. The summed E-state index contributed by atoms with van der Waals surface area (Å²) in [5, 5.41) is -0.145. The largest absolute Gasteiger partial charge is 0.416 e. The number of hydrogen-bond acceptors (Lipinski definition) is 4. The highest BCUT2D eigenvalue weighted by Gasteiger charge is 2.49. The number of sulfone groups is 1. The van der Waals surface area contributed by atoms with Gasteiger partial charge in [0.25, 0.3) is 5.91 Å². The highest BCUT2D eigenvalue weighted by molar-refractivity contribution is 8.16. The van der Waals surface area contributed by atoms with Gasteiger partial charge in [-0.05, 0) is 23.8 Å². The fourth-order valence-corrected chi connectivity index (χ4v) is 7.55. The minimum atomic E-state index is -4.54. The number of alkyl halides is 3. The zero-order chi connectivity index (χ0) is 21.5. The molecule has 2 fully saturated rings. The van der Waals surface area contributed by atoms with Crippen LogP contribution in [0.2, 0.25) is 0 Å². The minimum Gasteiger partial charge on any atom is -0.316 e. The molecule has 1 amide bonds. The summed E-state index contributed by atoms with van der Waals surface area (Å²) in [4.78, 5) is 18.1. The number of carbonyl (C=O) groups is 1. The van der Waals surface area contributed by atoms with E-state index in [2.05, 4.69) is 4.99 Å². The average Bonchev–Trinajstić information content (AvgIpc) is 3.12. The van der Waals surface area contributed by atoms with E-state index in [1.807, 2.05) is 6.07 Å². The standard InChI is InChI=1S/C20H17F3N2O3S2/c21-20(22,23)14-7-4-8-15(10-14)25-16-11-30(27,28)12-17(16)29-19(25)24-18(26)9-13-5-2-1-3-6-13/h1-8,10,16-17H,9,11-12H2. The summed E-state index contributed by atoms with van der Waals surface area (Å²) in [7, 11) is -3.31. The van der Waals surface area contributed by atoms with Crippen LogP contribution in [0.4, 0.5) is 18.9 Å². The first-order valence-electron chi connectivity index (χ1n) is 9.11. The Morgan fingerprint density at radius 3 is 2.53 bits per heavy atom. The maximum Gasteiger partial charge on any atom is 0.416 e. The normalized spacial score (nSPS) is 24.2. The number of amidine groups is 1. The second-order valence-corrected chi connectivity index (χ2v) is 10.5. The Labute approximate surface area is 175 Å². The number of fused-ring (bicyclic) bond motifs is 1. The minimum absolute atomic E-state index is 0.0506. The third-order valence-electron chi connectivity index (χ3n) is 4.94. The molecule has 2 atom stereocenters. The number of thioether (sulfide) groups is 1. The van der Waals surface area contributed by atoms with Crippen LogP contribution in [-0.4, -0.2) is 42.3 Å². The van der Waals surface area contributed by atoms with Crippen LogP contribution in [0, 0.1) is 0 Å². The first-order valence-corrected chi connectivity index (χ1v) is 11.8. The predicted octanol–water partition coefficient (Wildman–Crippen LogP) is 3.55. The number of benzene rings is 2. The van der Waals surface area contributed by atoms with Crippen LogP contribution >= 0.6 is 11.8 Å². The molecule has 2 aliphatic heterocycles. The van der Waals surface area contributed by atoms with Crippen LogP contribution in [0.3, 0.4) is 0 Å². The summed E-state index contributed by atoms with van der Waals surface area (Å²) in [5.41, 5.74) is 0.0979. The quantitative estimate of drug-likeness (QED) is 0.710. The van der Waals surface area contributed by atoms with Gasteiger partial charge in [0.15, 0.2) is 15.0 Å². The number of carbonyl (C=O) groups excluding carboxylic acids is 1. The van der Waals surface area contributed by atoms with Gasteiger partial charge in [-0.15, -0.1) is 0 Å². The lowest BCUT2D eigenvalue weighted by atomic mass is 10.1. The van der Waals surface area contributed by atoms with E-state index in [1.165, 1.54) is 17.0 Å². The summed E-state index contributed by atoms with van der Waals surface area (Å²) in [5.74, 6) is -0.722. The zero-order valence-corrected chi connectivity index (χ0v) is 17.2. The molecule has 0 N–H and O–H groups in total. The molecular formula is C20H17F3N2O3S2. The summed E-state index contributed by atoms with van der Waals surface area (Å²) in [6.07, 6.45) is -4.49. The molecule has 0 aliphatic carbocycles. The van der Waals surface area contributed by atoms with Gasteiger partial charge < -0.3 is 4.90 Å². The molecule has 0 spiro atoms. The Hall–Kier alpha value is -2.33. The predicted molar refractivity (Wildman–Crippen MR) is 110 cm³/mol. The van der Waals surface area contributed by atoms with E-state index < -0.39 is 33.5 Å². The van der Waals surface area contributed by atoms with E-state index in [9.17, 15) is 26.4 Å². The molecular weight excluding hydrogens is 437 g/mol. The number of amides is 1. The van der Waals surface area contributed by atoms with Gasteiger partial charge in [-0.1, -0.05) is 48.2 Å². The molecule has 10 heteroatoms. The van der Waals surface area contributed by atoms with Gasteiger partial charge in [0.05, 0.1) is 29.5 Å². The Bertz CT molecular complexity index is 1100. The van der Waals surface area contributed by atoms with Gasteiger partial charge in [0.1, 0.15) is 0 Å². The number of halogens is 3. The van der Waals surface area contributed by atoms with Crippen molar-refractivity contribution in [2.45, 2.75) is 23.9 Å². The summed E-state index contributed by atoms with van der Waals surface area (Å²) in [6, 6.07) is 13.1. The number of nitrogens with zero attached hydrogens (tertiary/aromatic N) is 2. The molecule has 30 heavy (non-hydrogen) atoms. The topological polar surface area (TPSA) is 66.8 Å². The molecule has 5 nitrogen and oxygen atoms in total. The van der Waals surface area contributed by atoms with Crippen molar-refractivity contribution in [3.8, 4) is 0 Å². The molecule has 2 aromatic rings. The lowest BCUT2D eigenvalue weighted by Crippen LogP contribution is -2.38. The van der Waals surface area contributed by atoms with Crippen molar-refractivity contribution in [1.29, 1.82) is 0 Å². The molecule has 4 rings (SSSR count). The third kappa shape index (κ3) is 4.39. The molecule has 2 unspecified atom stereocenters. The summed E-state index contributed by atoms with van der Waals surface area (Å²) >= 11 is 1.13. The lowest BCUT2D eigenvalue weighted by Gasteiger charge is -2.25. The van der Waals surface area contributed by atoms with Crippen LogP contribution in [0.25, 0.3) is 0 Å². The molecule has 0 saturated carbocycles. The van der Waals surface area contributed by atoms with Gasteiger partial charge in [0.2, 0.25) is 0 Å². The Morgan fingerprint density at radius 2 is 1.83 bits per heavy atom. The van der Waals surface area contributed by atoms with E-state index in [0.29, 0.717) is 0 Å². The second kappa shape index (κ2) is 7.73. The number of anilines is 1. The second-order valence-electron chi connectivity index (χ2n) is 7.17. The molecule has 0 aromatic heterocycles. The maximum absolute atomic E-state index is 13.2. The van der Waals surface area contributed by atoms with Crippen LogP contribution in [0.15, 0.2) is 59.6 Å². The maximum atomic E-state index is 13.2. The first kappa shape index (κ1) is 20.9. The zero-order valence-electron chi connectivity index (χ0n) is 15.5. The molecule has 158 valence electrons. The summed E-state index contributed by atoms with van der Waals surface area (Å²) < 4.78 is 63.8. The van der Waals surface area contributed by atoms with Crippen molar-refractivity contribution >= 4 is 38.4 Å². The molecule has 2 heterocycles. The average molecular weight is 454 g/mol. The fourth-order valence-electron chi connectivity index (χ4n) is 3.62. The van der Waals surface area contributed by atoms with E-state index in [1.54, 1.807) is 24.3 Å². The van der Waals surface area contributed by atoms with Crippen molar-refractivity contribution in [1.82, 2.24) is 0 Å². The van der Waals surface area contributed by atoms with E-state index in [-0.39, 0.29) is 34.0 Å². The number of aliphatic imine (C=N–C) groups is 1. The number of hydrogen-bond donors (Lipinski definition) is 0. The van der Waals surface area contributed by atoms with Gasteiger partial charge in [-0.2, -0.15) is 18.2 Å². The monoisotopic (exact) mass is 454 g/mol. The highest BCUT2D eigenvalue weighted by Crippen LogP contribution is 2.42. The smallest absolute Gasteiger partial charge is 0.316 e. The van der Waals surface area contributed by atoms with Crippen molar-refractivity contribution in [3.05, 3.63) is 65.7 Å². The van der Waals surface area contributed by atoms with Crippen molar-refractivity contribution in [2.24, 2.45) is 4.99 Å². The highest BCUT2D eigenvalue weighted by atomic mass is 32.2. The van der Waals surface area contributed by atoms with E-state index >= 15 is 0 Å². The Balaban J connectivity index is 1.69. The molecule has 0 bridgehead atoms. The van der Waals surface area contributed by atoms with E-state index in [0.717, 1.165) is 29.5 Å². The van der Waals surface area contributed by atoms with Gasteiger partial charge in [-0.25, -0.2) is 8.42 Å². The first-order chi connectivity index (χ1) is 14.1. The van der Waals surface area contributed by atoms with Crippen LogP contribution < -0.4 is 4.90 Å².